The molecule has 1 heterocycles. The van der Waals surface area contributed by atoms with Crippen molar-refractivity contribution in [2.75, 3.05) is 39.3 Å². The van der Waals surface area contributed by atoms with Gasteiger partial charge in [0.15, 0.2) is 0 Å². The molecule has 0 unspecified atom stereocenters. The van der Waals surface area contributed by atoms with E-state index in [-0.39, 0.29) is 5.91 Å². The Morgan fingerprint density at radius 1 is 1.10 bits per heavy atom. The van der Waals surface area contributed by atoms with Crippen LogP contribution in [0.4, 0.5) is 0 Å². The van der Waals surface area contributed by atoms with Gasteiger partial charge in [0.25, 0.3) is 0 Å². The minimum absolute atomic E-state index is 0.211. The van der Waals surface area contributed by atoms with Gasteiger partial charge in [-0.15, -0.1) is 0 Å². The monoisotopic (exact) mass is 299 g/mol. The topological polar surface area (TPSA) is 35.6 Å². The lowest BCUT2D eigenvalue weighted by atomic mass is 10.2. The van der Waals surface area contributed by atoms with Crippen molar-refractivity contribution in [1.29, 1.82) is 0 Å². The summed E-state index contributed by atoms with van der Waals surface area (Å²) in [5, 5.41) is 3.01. The van der Waals surface area contributed by atoms with Crippen LogP contribution in [-0.2, 0) is 4.79 Å². The molecular formula is C17H37N3O. The molecule has 0 bridgehead atoms. The molecule has 1 fully saturated rings. The SMILES string of the molecule is CC.CCCCCNC(=O)CCN1CCN(C(C)C)CC1. The van der Waals surface area contributed by atoms with E-state index >= 15 is 0 Å². The Kier molecular flexibility index (Phi) is 12.7. The highest BCUT2D eigenvalue weighted by Crippen LogP contribution is 2.06. The molecule has 4 heteroatoms. The van der Waals surface area contributed by atoms with Gasteiger partial charge in [-0.1, -0.05) is 33.6 Å². The largest absolute Gasteiger partial charge is 0.356 e. The summed E-state index contributed by atoms with van der Waals surface area (Å²) in [5.41, 5.74) is 0. The fourth-order valence-electron chi connectivity index (χ4n) is 2.45. The first kappa shape index (κ1) is 20.4. The fraction of sp³-hybridized carbons (Fsp3) is 0.941. The van der Waals surface area contributed by atoms with E-state index in [1.54, 1.807) is 0 Å². The van der Waals surface area contributed by atoms with E-state index in [0.29, 0.717) is 12.5 Å². The van der Waals surface area contributed by atoms with Crippen LogP contribution in [0.1, 0.15) is 60.3 Å². The average molecular weight is 300 g/mol. The fourth-order valence-corrected chi connectivity index (χ4v) is 2.45. The van der Waals surface area contributed by atoms with Crippen LogP contribution in [-0.4, -0.2) is 61.0 Å². The number of piperazine rings is 1. The first-order chi connectivity index (χ1) is 10.1. The van der Waals surface area contributed by atoms with Crippen LogP contribution in [0.2, 0.25) is 0 Å². The van der Waals surface area contributed by atoms with Crippen molar-refractivity contribution in [3.05, 3.63) is 0 Å². The molecular weight excluding hydrogens is 262 g/mol. The molecule has 4 nitrogen and oxygen atoms in total. The van der Waals surface area contributed by atoms with Gasteiger partial charge in [0.05, 0.1) is 0 Å². The summed E-state index contributed by atoms with van der Waals surface area (Å²) in [7, 11) is 0. The van der Waals surface area contributed by atoms with Crippen molar-refractivity contribution in [1.82, 2.24) is 15.1 Å². The molecule has 1 aliphatic rings. The third kappa shape index (κ3) is 9.86. The van der Waals surface area contributed by atoms with Crippen molar-refractivity contribution in [2.24, 2.45) is 0 Å². The quantitative estimate of drug-likeness (QED) is 0.700. The summed E-state index contributed by atoms with van der Waals surface area (Å²) in [4.78, 5) is 16.6. The smallest absolute Gasteiger partial charge is 0.221 e. The van der Waals surface area contributed by atoms with Crippen molar-refractivity contribution in [2.45, 2.75) is 66.3 Å². The number of hydrogen-bond acceptors (Lipinski definition) is 3. The average Bonchev–Trinajstić information content (AvgIpc) is 2.52. The zero-order valence-electron chi connectivity index (χ0n) is 15.0. The Hall–Kier alpha value is -0.610. The molecule has 21 heavy (non-hydrogen) atoms. The molecule has 0 aliphatic carbocycles. The third-order valence-electron chi connectivity index (χ3n) is 3.89. The van der Waals surface area contributed by atoms with Crippen molar-refractivity contribution in [3.8, 4) is 0 Å². The maximum absolute atomic E-state index is 11.7. The molecule has 1 amide bonds. The molecule has 0 saturated carbocycles. The maximum Gasteiger partial charge on any atom is 0.221 e. The number of nitrogens with one attached hydrogen (secondary N) is 1. The van der Waals surface area contributed by atoms with Gasteiger partial charge in [-0.2, -0.15) is 0 Å². The molecule has 1 aliphatic heterocycles. The van der Waals surface area contributed by atoms with Gasteiger partial charge in [-0.05, 0) is 20.3 Å². The third-order valence-corrected chi connectivity index (χ3v) is 3.89. The van der Waals surface area contributed by atoms with E-state index in [1.807, 2.05) is 13.8 Å². The molecule has 0 aromatic carbocycles. The molecule has 0 atom stereocenters. The van der Waals surface area contributed by atoms with Gasteiger partial charge in [0, 0.05) is 51.7 Å². The van der Waals surface area contributed by atoms with Crippen LogP contribution in [0.5, 0.6) is 0 Å². The Bertz CT molecular complexity index is 248. The normalized spacial score (nSPS) is 16.5. The van der Waals surface area contributed by atoms with E-state index < -0.39 is 0 Å². The number of unbranched alkanes of at least 4 members (excludes halogenated alkanes) is 2. The molecule has 1 rings (SSSR count). The van der Waals surface area contributed by atoms with Crippen LogP contribution < -0.4 is 5.32 Å². The van der Waals surface area contributed by atoms with Gasteiger partial charge in [0.1, 0.15) is 0 Å². The van der Waals surface area contributed by atoms with Gasteiger partial charge in [0.2, 0.25) is 5.91 Å². The molecule has 1 saturated heterocycles. The molecule has 0 radical (unpaired) electrons. The first-order valence-electron chi connectivity index (χ1n) is 8.86. The number of carbonyl (C=O) groups is 1. The number of rotatable bonds is 8. The molecule has 0 aromatic rings. The van der Waals surface area contributed by atoms with Crippen molar-refractivity contribution < 1.29 is 4.79 Å². The van der Waals surface area contributed by atoms with Crippen molar-refractivity contribution >= 4 is 5.91 Å². The van der Waals surface area contributed by atoms with Crippen LogP contribution in [0.25, 0.3) is 0 Å². The van der Waals surface area contributed by atoms with E-state index in [4.69, 9.17) is 0 Å². The van der Waals surface area contributed by atoms with E-state index in [2.05, 4.69) is 35.9 Å². The van der Waals surface area contributed by atoms with Crippen LogP contribution >= 0.6 is 0 Å². The molecule has 0 aromatic heterocycles. The second kappa shape index (κ2) is 13.1. The number of carbonyl (C=O) groups excluding carboxylic acids is 1. The van der Waals surface area contributed by atoms with Gasteiger partial charge in [-0.3, -0.25) is 9.69 Å². The lowest BCUT2D eigenvalue weighted by molar-refractivity contribution is -0.121. The molecule has 1 N–H and O–H groups in total. The van der Waals surface area contributed by atoms with Crippen LogP contribution in [0.3, 0.4) is 0 Å². The highest BCUT2D eigenvalue weighted by atomic mass is 16.1. The number of nitrogens with zero attached hydrogens (tertiary/aromatic N) is 2. The summed E-state index contributed by atoms with van der Waals surface area (Å²) in [5.74, 6) is 0.211. The molecule has 126 valence electrons. The maximum atomic E-state index is 11.7. The predicted molar refractivity (Wildman–Crippen MR) is 91.6 cm³/mol. The molecule has 0 spiro atoms. The van der Waals surface area contributed by atoms with Crippen LogP contribution in [0, 0.1) is 0 Å². The first-order valence-corrected chi connectivity index (χ1v) is 8.86. The standard InChI is InChI=1S/C15H31N3O.C2H6/c1-4-5-6-8-16-15(19)7-9-17-10-12-18(13-11-17)14(2)3;1-2/h14H,4-13H2,1-3H3,(H,16,19);1-2H3. The van der Waals surface area contributed by atoms with Gasteiger partial charge < -0.3 is 10.2 Å². The zero-order chi connectivity index (χ0) is 16.1. The predicted octanol–water partition coefficient (Wildman–Crippen LogP) is 2.74. The number of amides is 1. The summed E-state index contributed by atoms with van der Waals surface area (Å²) in [6, 6.07) is 0.643. The summed E-state index contributed by atoms with van der Waals surface area (Å²) >= 11 is 0. The van der Waals surface area contributed by atoms with Crippen molar-refractivity contribution in [3.63, 3.8) is 0 Å². The summed E-state index contributed by atoms with van der Waals surface area (Å²) in [6.45, 7) is 16.9. The van der Waals surface area contributed by atoms with E-state index in [9.17, 15) is 4.79 Å². The summed E-state index contributed by atoms with van der Waals surface area (Å²) in [6.07, 6.45) is 4.16. The minimum Gasteiger partial charge on any atom is -0.356 e. The van der Waals surface area contributed by atoms with Crippen LogP contribution in [0.15, 0.2) is 0 Å². The minimum atomic E-state index is 0.211. The second-order valence-electron chi connectivity index (χ2n) is 5.78. The van der Waals surface area contributed by atoms with Gasteiger partial charge in [-0.25, -0.2) is 0 Å². The second-order valence-corrected chi connectivity index (χ2v) is 5.78. The highest BCUT2D eigenvalue weighted by Gasteiger charge is 2.18. The zero-order valence-corrected chi connectivity index (χ0v) is 15.0. The Balaban J connectivity index is 0.00000191. The number of hydrogen-bond donors (Lipinski definition) is 1. The summed E-state index contributed by atoms with van der Waals surface area (Å²) < 4.78 is 0. The Morgan fingerprint density at radius 3 is 2.24 bits per heavy atom. The lowest BCUT2D eigenvalue weighted by Crippen LogP contribution is -2.49. The Morgan fingerprint density at radius 2 is 1.71 bits per heavy atom. The Labute approximate surface area is 132 Å². The lowest BCUT2D eigenvalue weighted by Gasteiger charge is -2.36. The van der Waals surface area contributed by atoms with E-state index in [1.165, 1.54) is 12.8 Å². The van der Waals surface area contributed by atoms with Gasteiger partial charge >= 0.3 is 0 Å². The van der Waals surface area contributed by atoms with E-state index in [0.717, 1.165) is 45.7 Å². The highest BCUT2D eigenvalue weighted by molar-refractivity contribution is 5.75.